The molecule has 0 saturated carbocycles. The van der Waals surface area contributed by atoms with Gasteiger partial charge in [0.05, 0.1) is 17.1 Å². The van der Waals surface area contributed by atoms with Gasteiger partial charge in [-0.15, -0.1) is 0 Å². The van der Waals surface area contributed by atoms with Crippen molar-refractivity contribution in [3.63, 3.8) is 0 Å². The molecular formula is C23H28N2O5S. The molecule has 0 aliphatic carbocycles. The van der Waals surface area contributed by atoms with Gasteiger partial charge < -0.3 is 10.1 Å². The van der Waals surface area contributed by atoms with Gasteiger partial charge in [-0.2, -0.15) is 4.31 Å². The van der Waals surface area contributed by atoms with E-state index in [4.69, 9.17) is 4.74 Å². The highest BCUT2D eigenvalue weighted by molar-refractivity contribution is 7.89. The van der Waals surface area contributed by atoms with E-state index >= 15 is 0 Å². The van der Waals surface area contributed by atoms with Crippen molar-refractivity contribution in [1.29, 1.82) is 0 Å². The van der Waals surface area contributed by atoms with Gasteiger partial charge in [0, 0.05) is 24.3 Å². The second-order valence-electron chi connectivity index (χ2n) is 7.55. The number of carbonyl (C=O) groups is 2. The van der Waals surface area contributed by atoms with Crippen molar-refractivity contribution in [3.8, 4) is 0 Å². The Morgan fingerprint density at radius 1 is 0.968 bits per heavy atom. The molecule has 8 heteroatoms. The Kier molecular flexibility index (Phi) is 7.46. The zero-order valence-electron chi connectivity index (χ0n) is 17.9. The molecule has 0 bridgehead atoms. The van der Waals surface area contributed by atoms with Crippen LogP contribution in [0.5, 0.6) is 0 Å². The van der Waals surface area contributed by atoms with E-state index in [2.05, 4.69) is 5.32 Å². The minimum atomic E-state index is -3.66. The van der Waals surface area contributed by atoms with Gasteiger partial charge in [0.1, 0.15) is 0 Å². The third-order valence-corrected chi connectivity index (χ3v) is 7.33. The van der Waals surface area contributed by atoms with Gasteiger partial charge in [-0.3, -0.25) is 4.79 Å². The lowest BCUT2D eigenvalue weighted by molar-refractivity contribution is 0.0526. The number of anilines is 1. The molecule has 3 rings (SSSR count). The minimum Gasteiger partial charge on any atom is -0.462 e. The molecule has 31 heavy (non-hydrogen) atoms. The summed E-state index contributed by atoms with van der Waals surface area (Å²) in [6.45, 7) is 4.76. The van der Waals surface area contributed by atoms with E-state index in [-0.39, 0.29) is 17.1 Å². The topological polar surface area (TPSA) is 92.8 Å². The Balaban J connectivity index is 1.79. The second-order valence-corrected chi connectivity index (χ2v) is 9.46. The van der Waals surface area contributed by atoms with Crippen LogP contribution in [0.1, 0.15) is 58.9 Å². The SMILES string of the molecule is CCOC(=O)c1ccc(NC(=O)c2ccc(C)c(S(=O)(=O)N3CCCCCC3)c2)cc1. The zero-order valence-corrected chi connectivity index (χ0v) is 18.7. The third-order valence-electron chi connectivity index (χ3n) is 5.29. The molecular weight excluding hydrogens is 416 g/mol. The lowest BCUT2D eigenvalue weighted by atomic mass is 10.1. The van der Waals surface area contributed by atoms with E-state index in [1.807, 2.05) is 0 Å². The summed E-state index contributed by atoms with van der Waals surface area (Å²) in [5, 5.41) is 2.74. The number of nitrogens with one attached hydrogen (secondary N) is 1. The number of carbonyl (C=O) groups excluding carboxylic acids is 2. The van der Waals surface area contributed by atoms with E-state index in [1.165, 1.54) is 10.4 Å². The summed E-state index contributed by atoms with van der Waals surface area (Å²) in [4.78, 5) is 24.7. The van der Waals surface area contributed by atoms with E-state index in [0.717, 1.165) is 25.7 Å². The molecule has 0 radical (unpaired) electrons. The molecule has 0 spiro atoms. The fraction of sp³-hybridized carbons (Fsp3) is 0.391. The highest BCUT2D eigenvalue weighted by Gasteiger charge is 2.27. The summed E-state index contributed by atoms with van der Waals surface area (Å²) in [6, 6.07) is 11.1. The van der Waals surface area contributed by atoms with Gasteiger partial charge in [-0.25, -0.2) is 13.2 Å². The molecule has 0 atom stereocenters. The molecule has 1 aliphatic rings. The highest BCUT2D eigenvalue weighted by atomic mass is 32.2. The fourth-order valence-corrected chi connectivity index (χ4v) is 5.32. The van der Waals surface area contributed by atoms with E-state index < -0.39 is 21.9 Å². The largest absolute Gasteiger partial charge is 0.462 e. The van der Waals surface area contributed by atoms with Gasteiger partial charge in [0.25, 0.3) is 5.91 Å². The van der Waals surface area contributed by atoms with Crippen molar-refractivity contribution in [2.75, 3.05) is 25.0 Å². The monoisotopic (exact) mass is 444 g/mol. The molecule has 1 aliphatic heterocycles. The number of benzene rings is 2. The van der Waals surface area contributed by atoms with E-state index in [9.17, 15) is 18.0 Å². The van der Waals surface area contributed by atoms with Crippen molar-refractivity contribution in [2.45, 2.75) is 44.4 Å². The average Bonchev–Trinajstić information content (AvgIpc) is 3.05. The summed E-state index contributed by atoms with van der Waals surface area (Å²) in [5.74, 6) is -0.849. The van der Waals surface area contributed by atoms with Gasteiger partial charge in [-0.1, -0.05) is 18.9 Å². The average molecular weight is 445 g/mol. The summed E-state index contributed by atoms with van der Waals surface area (Å²) in [6.07, 6.45) is 3.76. The third kappa shape index (κ3) is 5.51. The number of amides is 1. The first-order chi connectivity index (χ1) is 14.8. The molecule has 1 heterocycles. The summed E-state index contributed by atoms with van der Waals surface area (Å²) < 4.78 is 32.9. The van der Waals surface area contributed by atoms with Crippen LogP contribution in [0.25, 0.3) is 0 Å². The second kappa shape index (κ2) is 10.1. The molecule has 0 aromatic heterocycles. The first-order valence-corrected chi connectivity index (χ1v) is 12.0. The number of hydrogen-bond acceptors (Lipinski definition) is 5. The van der Waals surface area contributed by atoms with Crippen LogP contribution in [-0.2, 0) is 14.8 Å². The predicted octanol–water partition coefficient (Wildman–Crippen LogP) is 3.99. The van der Waals surface area contributed by atoms with Crippen LogP contribution in [0.4, 0.5) is 5.69 Å². The van der Waals surface area contributed by atoms with Crippen LogP contribution in [-0.4, -0.2) is 44.3 Å². The molecule has 0 unspecified atom stereocenters. The first kappa shape index (κ1) is 23.0. The van der Waals surface area contributed by atoms with Crippen LogP contribution in [0.15, 0.2) is 47.4 Å². The van der Waals surface area contributed by atoms with Crippen LogP contribution in [0.2, 0.25) is 0 Å². The molecule has 2 aromatic rings. The van der Waals surface area contributed by atoms with Gasteiger partial charge in [0.15, 0.2) is 0 Å². The summed E-state index contributed by atoms with van der Waals surface area (Å²) in [7, 11) is -3.66. The standard InChI is InChI=1S/C23H28N2O5S/c1-3-30-23(27)18-10-12-20(13-11-18)24-22(26)19-9-8-17(2)21(16-19)31(28,29)25-14-6-4-5-7-15-25/h8-13,16H,3-7,14-15H2,1-2H3,(H,24,26). The maximum Gasteiger partial charge on any atom is 0.338 e. The molecule has 7 nitrogen and oxygen atoms in total. The first-order valence-electron chi connectivity index (χ1n) is 10.5. The number of aryl methyl sites for hydroxylation is 1. The van der Waals surface area contributed by atoms with Gasteiger partial charge in [0.2, 0.25) is 10.0 Å². The number of hydrogen-bond donors (Lipinski definition) is 1. The molecule has 1 amide bonds. The van der Waals surface area contributed by atoms with E-state index in [1.54, 1.807) is 50.2 Å². The number of esters is 1. The maximum atomic E-state index is 13.2. The Bertz CT molecular complexity index is 1040. The van der Waals surface area contributed by atoms with Crippen LogP contribution >= 0.6 is 0 Å². The van der Waals surface area contributed by atoms with Crippen molar-refractivity contribution in [1.82, 2.24) is 4.31 Å². The van der Waals surface area contributed by atoms with Gasteiger partial charge >= 0.3 is 5.97 Å². The predicted molar refractivity (Wildman–Crippen MR) is 119 cm³/mol. The number of rotatable bonds is 6. The molecule has 1 saturated heterocycles. The minimum absolute atomic E-state index is 0.166. The Morgan fingerprint density at radius 2 is 1.58 bits per heavy atom. The Labute approximate surface area is 183 Å². The van der Waals surface area contributed by atoms with Crippen molar-refractivity contribution in [2.24, 2.45) is 0 Å². The van der Waals surface area contributed by atoms with Crippen LogP contribution < -0.4 is 5.32 Å². The number of ether oxygens (including phenoxy) is 1. The quantitative estimate of drug-likeness (QED) is 0.680. The zero-order chi connectivity index (χ0) is 22.4. The number of nitrogens with zero attached hydrogens (tertiary/aromatic N) is 1. The Hall–Kier alpha value is -2.71. The molecule has 2 aromatic carbocycles. The van der Waals surface area contributed by atoms with Crippen LogP contribution in [0.3, 0.4) is 0 Å². The molecule has 1 N–H and O–H groups in total. The van der Waals surface area contributed by atoms with Gasteiger partial charge in [-0.05, 0) is 68.7 Å². The lowest BCUT2D eigenvalue weighted by Crippen LogP contribution is -2.32. The fourth-order valence-electron chi connectivity index (χ4n) is 3.55. The van der Waals surface area contributed by atoms with Crippen LogP contribution in [0, 0.1) is 6.92 Å². The normalized spacial score (nSPS) is 15.2. The molecule has 166 valence electrons. The maximum absolute atomic E-state index is 13.2. The van der Waals surface area contributed by atoms with E-state index in [0.29, 0.717) is 29.9 Å². The summed E-state index contributed by atoms with van der Waals surface area (Å²) in [5.41, 5.74) is 1.75. The van der Waals surface area contributed by atoms with Crippen molar-refractivity contribution < 1.29 is 22.7 Å². The Morgan fingerprint density at radius 3 is 2.19 bits per heavy atom. The van der Waals surface area contributed by atoms with Crippen molar-refractivity contribution >= 4 is 27.6 Å². The number of sulfonamides is 1. The smallest absolute Gasteiger partial charge is 0.338 e. The highest BCUT2D eigenvalue weighted by Crippen LogP contribution is 2.24. The lowest BCUT2D eigenvalue weighted by Gasteiger charge is -2.21. The summed E-state index contributed by atoms with van der Waals surface area (Å²) >= 11 is 0. The molecule has 1 fully saturated rings. The van der Waals surface area contributed by atoms with Crippen molar-refractivity contribution in [3.05, 3.63) is 59.2 Å².